The van der Waals surface area contributed by atoms with Crippen LogP contribution in [0.3, 0.4) is 0 Å². The summed E-state index contributed by atoms with van der Waals surface area (Å²) in [5.74, 6) is -0.0633. The third-order valence-corrected chi connectivity index (χ3v) is 4.93. The zero-order valence-corrected chi connectivity index (χ0v) is 14.4. The zero-order chi connectivity index (χ0) is 16.5. The fourth-order valence-electron chi connectivity index (χ4n) is 2.54. The van der Waals surface area contributed by atoms with E-state index in [2.05, 4.69) is 31.4 Å². The Morgan fingerprint density at radius 3 is 2.24 bits per heavy atom. The molecule has 2 N–H and O–H groups in total. The first-order valence-electron chi connectivity index (χ1n) is 7.57. The average molecular weight is 298 g/mol. The van der Waals surface area contributed by atoms with E-state index in [0.29, 0.717) is 13.0 Å². The SMILES string of the molecule is CO[C@@]1(C)C[C@@H](NC(=O)CCNC(=O)C(C)(C)C)C1(C)C. The number of amides is 2. The van der Waals surface area contributed by atoms with Gasteiger partial charge in [-0.1, -0.05) is 34.6 Å². The number of hydrogen-bond acceptors (Lipinski definition) is 3. The smallest absolute Gasteiger partial charge is 0.225 e. The molecular weight excluding hydrogens is 268 g/mol. The van der Waals surface area contributed by atoms with Gasteiger partial charge in [-0.2, -0.15) is 0 Å². The van der Waals surface area contributed by atoms with Crippen LogP contribution >= 0.6 is 0 Å². The van der Waals surface area contributed by atoms with Crippen molar-refractivity contribution >= 4 is 11.8 Å². The molecule has 2 amide bonds. The Bertz CT molecular complexity index is 412. The predicted octanol–water partition coefficient (Wildman–Crippen LogP) is 1.86. The lowest BCUT2D eigenvalue weighted by molar-refractivity contribution is -0.182. The van der Waals surface area contributed by atoms with Gasteiger partial charge < -0.3 is 15.4 Å². The monoisotopic (exact) mass is 298 g/mol. The normalized spacial score (nSPS) is 27.7. The van der Waals surface area contributed by atoms with Crippen LogP contribution in [-0.4, -0.2) is 37.1 Å². The minimum Gasteiger partial charge on any atom is -0.378 e. The van der Waals surface area contributed by atoms with Gasteiger partial charge >= 0.3 is 0 Å². The molecule has 0 unspecified atom stereocenters. The number of methoxy groups -OCH3 is 1. The van der Waals surface area contributed by atoms with Crippen LogP contribution in [-0.2, 0) is 14.3 Å². The van der Waals surface area contributed by atoms with Crippen LogP contribution < -0.4 is 10.6 Å². The molecule has 1 rings (SSSR count). The van der Waals surface area contributed by atoms with E-state index in [-0.39, 0.29) is 28.9 Å². The molecule has 5 nitrogen and oxygen atoms in total. The minimum atomic E-state index is -0.424. The first kappa shape index (κ1) is 18.0. The van der Waals surface area contributed by atoms with Crippen molar-refractivity contribution in [2.45, 2.75) is 66.0 Å². The summed E-state index contributed by atoms with van der Waals surface area (Å²) >= 11 is 0. The molecule has 2 atom stereocenters. The van der Waals surface area contributed by atoms with Gasteiger partial charge in [0, 0.05) is 36.9 Å². The molecule has 0 bridgehead atoms. The Kier molecular flexibility index (Phi) is 5.09. The van der Waals surface area contributed by atoms with Gasteiger partial charge in [-0.15, -0.1) is 0 Å². The van der Waals surface area contributed by atoms with Crippen LogP contribution in [0.1, 0.15) is 54.4 Å². The summed E-state index contributed by atoms with van der Waals surface area (Å²) in [6.45, 7) is 12.2. The first-order chi connectivity index (χ1) is 9.44. The summed E-state index contributed by atoms with van der Waals surface area (Å²) in [7, 11) is 1.71. The number of hydrogen-bond donors (Lipinski definition) is 2. The van der Waals surface area contributed by atoms with Crippen LogP contribution in [0.2, 0.25) is 0 Å². The standard InChI is InChI=1S/C16H30N2O3/c1-14(2,3)13(20)17-9-8-12(19)18-11-10-16(6,21-7)15(11,4)5/h11H,8-10H2,1-7H3,(H,17,20)(H,18,19)/t11-,16+/m1/s1. The van der Waals surface area contributed by atoms with Crippen molar-refractivity contribution in [1.82, 2.24) is 10.6 Å². The summed E-state index contributed by atoms with van der Waals surface area (Å²) in [5, 5.41) is 5.82. The van der Waals surface area contributed by atoms with Gasteiger partial charge in [0.2, 0.25) is 11.8 Å². The van der Waals surface area contributed by atoms with E-state index in [0.717, 1.165) is 6.42 Å². The highest BCUT2D eigenvalue weighted by Gasteiger charge is 2.58. The lowest BCUT2D eigenvalue weighted by Crippen LogP contribution is -2.68. The van der Waals surface area contributed by atoms with Gasteiger partial charge in [0.15, 0.2) is 0 Å². The maximum atomic E-state index is 12.0. The highest BCUT2D eigenvalue weighted by molar-refractivity contribution is 5.82. The largest absolute Gasteiger partial charge is 0.378 e. The molecule has 0 saturated heterocycles. The van der Waals surface area contributed by atoms with Gasteiger partial charge in [0.05, 0.1) is 5.60 Å². The minimum absolute atomic E-state index is 0.0274. The summed E-state index contributed by atoms with van der Waals surface area (Å²) in [5.41, 5.74) is -0.704. The quantitative estimate of drug-likeness (QED) is 0.814. The Hall–Kier alpha value is -1.10. The average Bonchev–Trinajstić information content (AvgIpc) is 2.36. The number of nitrogens with one attached hydrogen (secondary N) is 2. The third-order valence-electron chi connectivity index (χ3n) is 4.93. The number of rotatable bonds is 5. The van der Waals surface area contributed by atoms with Gasteiger partial charge in [-0.25, -0.2) is 0 Å². The predicted molar refractivity (Wildman–Crippen MR) is 82.8 cm³/mol. The van der Waals surface area contributed by atoms with E-state index in [1.807, 2.05) is 20.8 Å². The molecule has 1 fully saturated rings. The van der Waals surface area contributed by atoms with Crippen molar-refractivity contribution in [3.05, 3.63) is 0 Å². The van der Waals surface area contributed by atoms with E-state index in [1.54, 1.807) is 7.11 Å². The van der Waals surface area contributed by atoms with Crippen molar-refractivity contribution in [2.24, 2.45) is 10.8 Å². The molecule has 122 valence electrons. The number of ether oxygens (including phenoxy) is 1. The maximum absolute atomic E-state index is 12.0. The fraction of sp³-hybridized carbons (Fsp3) is 0.875. The lowest BCUT2D eigenvalue weighted by atomic mass is 9.56. The van der Waals surface area contributed by atoms with Gasteiger partial charge in [-0.3, -0.25) is 9.59 Å². The van der Waals surface area contributed by atoms with Crippen LogP contribution in [0.4, 0.5) is 0 Å². The van der Waals surface area contributed by atoms with Gasteiger partial charge in [0.25, 0.3) is 0 Å². The highest BCUT2D eigenvalue weighted by atomic mass is 16.5. The molecule has 0 aliphatic heterocycles. The van der Waals surface area contributed by atoms with Gasteiger partial charge in [0.1, 0.15) is 0 Å². The Labute approximate surface area is 128 Å². The maximum Gasteiger partial charge on any atom is 0.225 e. The van der Waals surface area contributed by atoms with Crippen molar-refractivity contribution < 1.29 is 14.3 Å². The van der Waals surface area contributed by atoms with Crippen molar-refractivity contribution in [3.63, 3.8) is 0 Å². The summed E-state index contributed by atoms with van der Waals surface area (Å²) < 4.78 is 5.54. The van der Waals surface area contributed by atoms with Crippen LogP contribution in [0.25, 0.3) is 0 Å². The Balaban J connectivity index is 2.35. The molecule has 0 aromatic rings. The molecule has 0 spiro atoms. The highest BCUT2D eigenvalue weighted by Crippen LogP contribution is 2.51. The molecule has 1 aliphatic carbocycles. The molecule has 1 saturated carbocycles. The summed E-state index contributed by atoms with van der Waals surface area (Å²) in [6.07, 6.45) is 1.12. The van der Waals surface area contributed by atoms with Gasteiger partial charge in [-0.05, 0) is 13.3 Å². The molecule has 21 heavy (non-hydrogen) atoms. The van der Waals surface area contributed by atoms with E-state index < -0.39 is 5.41 Å². The number of carbonyl (C=O) groups is 2. The molecule has 0 aromatic carbocycles. The van der Waals surface area contributed by atoms with Crippen molar-refractivity contribution in [2.75, 3.05) is 13.7 Å². The number of carbonyl (C=O) groups excluding carboxylic acids is 2. The van der Waals surface area contributed by atoms with Crippen LogP contribution in [0.15, 0.2) is 0 Å². The molecule has 0 radical (unpaired) electrons. The Morgan fingerprint density at radius 2 is 1.81 bits per heavy atom. The molecule has 1 aliphatic rings. The molecule has 0 aromatic heterocycles. The Morgan fingerprint density at radius 1 is 1.24 bits per heavy atom. The second-order valence-corrected chi connectivity index (χ2v) is 7.74. The second-order valence-electron chi connectivity index (χ2n) is 7.74. The van der Waals surface area contributed by atoms with E-state index in [4.69, 9.17) is 4.74 Å². The molecular formula is C16H30N2O3. The first-order valence-corrected chi connectivity index (χ1v) is 7.57. The zero-order valence-electron chi connectivity index (χ0n) is 14.4. The van der Waals surface area contributed by atoms with Crippen LogP contribution in [0, 0.1) is 10.8 Å². The van der Waals surface area contributed by atoms with E-state index >= 15 is 0 Å². The van der Waals surface area contributed by atoms with Crippen LogP contribution in [0.5, 0.6) is 0 Å². The summed E-state index contributed by atoms with van der Waals surface area (Å²) in [6, 6.07) is 0.119. The van der Waals surface area contributed by atoms with Crippen molar-refractivity contribution in [1.29, 1.82) is 0 Å². The molecule has 0 heterocycles. The molecule has 5 heteroatoms. The summed E-state index contributed by atoms with van der Waals surface area (Å²) in [4.78, 5) is 23.7. The van der Waals surface area contributed by atoms with E-state index in [1.165, 1.54) is 0 Å². The fourth-order valence-corrected chi connectivity index (χ4v) is 2.54. The lowest BCUT2D eigenvalue weighted by Gasteiger charge is -2.59. The topological polar surface area (TPSA) is 67.4 Å². The third kappa shape index (κ3) is 3.76. The second kappa shape index (κ2) is 5.95. The van der Waals surface area contributed by atoms with Crippen molar-refractivity contribution in [3.8, 4) is 0 Å². The van der Waals surface area contributed by atoms with E-state index in [9.17, 15) is 9.59 Å².